The number of rotatable bonds is 3. The van der Waals surface area contributed by atoms with Crippen LogP contribution in [0.4, 0.5) is 25.8 Å². The van der Waals surface area contributed by atoms with Crippen molar-refractivity contribution < 1.29 is 18.4 Å². The Morgan fingerprint density at radius 3 is 2.16 bits per heavy atom. The lowest BCUT2D eigenvalue weighted by Crippen LogP contribution is -2.29. The molecule has 0 radical (unpaired) electrons. The van der Waals surface area contributed by atoms with Gasteiger partial charge in [0.1, 0.15) is 11.6 Å². The van der Waals surface area contributed by atoms with Crippen LogP contribution in [0.5, 0.6) is 0 Å². The molecule has 0 atom stereocenters. The third-order valence-electron chi connectivity index (χ3n) is 3.98. The summed E-state index contributed by atoms with van der Waals surface area (Å²) >= 11 is 0. The zero-order valence-corrected chi connectivity index (χ0v) is 13.4. The molecular weight excluding hydrogens is 328 g/mol. The van der Waals surface area contributed by atoms with Gasteiger partial charge in [-0.15, -0.1) is 0 Å². The van der Waals surface area contributed by atoms with E-state index in [1.165, 1.54) is 12.8 Å². The standard InChI is InChI=1S/C18H17F2N3O2/c19-12-3-8-16(15(20)11-12)22-18(25)17(24)21-13-4-6-14(7-5-13)23-9-1-2-10-23/h3-8,11H,1-2,9-10H2,(H,21,24)(H,22,25). The van der Waals surface area contributed by atoms with Gasteiger partial charge < -0.3 is 15.5 Å². The summed E-state index contributed by atoms with van der Waals surface area (Å²) < 4.78 is 26.3. The van der Waals surface area contributed by atoms with Gasteiger partial charge in [0.05, 0.1) is 5.69 Å². The van der Waals surface area contributed by atoms with Crippen molar-refractivity contribution in [2.75, 3.05) is 28.6 Å². The van der Waals surface area contributed by atoms with Gasteiger partial charge in [0.15, 0.2) is 0 Å². The molecule has 25 heavy (non-hydrogen) atoms. The quantitative estimate of drug-likeness (QED) is 0.840. The van der Waals surface area contributed by atoms with E-state index in [9.17, 15) is 18.4 Å². The van der Waals surface area contributed by atoms with Crippen LogP contribution < -0.4 is 15.5 Å². The van der Waals surface area contributed by atoms with Crippen molar-refractivity contribution >= 4 is 28.9 Å². The van der Waals surface area contributed by atoms with Crippen LogP contribution >= 0.6 is 0 Å². The van der Waals surface area contributed by atoms with E-state index in [2.05, 4.69) is 15.5 Å². The summed E-state index contributed by atoms with van der Waals surface area (Å²) in [6.07, 6.45) is 2.33. The Morgan fingerprint density at radius 1 is 0.880 bits per heavy atom. The van der Waals surface area contributed by atoms with E-state index >= 15 is 0 Å². The number of halogens is 2. The lowest BCUT2D eigenvalue weighted by atomic mass is 10.2. The van der Waals surface area contributed by atoms with Crippen molar-refractivity contribution in [3.63, 3.8) is 0 Å². The van der Waals surface area contributed by atoms with E-state index in [1.807, 2.05) is 12.1 Å². The van der Waals surface area contributed by atoms with Gasteiger partial charge in [0.2, 0.25) is 0 Å². The van der Waals surface area contributed by atoms with Crippen molar-refractivity contribution in [3.8, 4) is 0 Å². The van der Waals surface area contributed by atoms with Gasteiger partial charge in [-0.1, -0.05) is 0 Å². The van der Waals surface area contributed by atoms with Crippen LogP contribution in [0.15, 0.2) is 42.5 Å². The maximum absolute atomic E-state index is 13.5. The molecule has 0 aromatic heterocycles. The number of benzene rings is 2. The topological polar surface area (TPSA) is 61.4 Å². The molecule has 0 spiro atoms. The highest BCUT2D eigenvalue weighted by Crippen LogP contribution is 2.22. The Bertz CT molecular complexity index is 787. The van der Waals surface area contributed by atoms with Crippen LogP contribution in [0.2, 0.25) is 0 Å². The number of carbonyl (C=O) groups is 2. The molecule has 1 fully saturated rings. The average molecular weight is 345 g/mol. The maximum Gasteiger partial charge on any atom is 0.314 e. The average Bonchev–Trinajstić information content (AvgIpc) is 3.12. The van der Waals surface area contributed by atoms with Crippen LogP contribution in [0, 0.1) is 11.6 Å². The first-order chi connectivity index (χ1) is 12.0. The Morgan fingerprint density at radius 2 is 1.52 bits per heavy atom. The maximum atomic E-state index is 13.5. The predicted octanol–water partition coefficient (Wildman–Crippen LogP) is 3.14. The van der Waals surface area contributed by atoms with Gasteiger partial charge in [-0.2, -0.15) is 0 Å². The van der Waals surface area contributed by atoms with Crippen LogP contribution in [0.3, 0.4) is 0 Å². The number of hydrogen-bond acceptors (Lipinski definition) is 3. The molecule has 1 saturated heterocycles. The molecule has 2 amide bonds. The number of hydrogen-bond donors (Lipinski definition) is 2. The highest BCUT2D eigenvalue weighted by atomic mass is 19.1. The molecule has 0 bridgehead atoms. The van der Waals surface area contributed by atoms with Gasteiger partial charge in [-0.05, 0) is 49.2 Å². The molecule has 0 saturated carbocycles. The Kier molecular flexibility index (Phi) is 4.92. The lowest BCUT2D eigenvalue weighted by molar-refractivity contribution is -0.133. The van der Waals surface area contributed by atoms with Gasteiger partial charge in [0.25, 0.3) is 0 Å². The van der Waals surface area contributed by atoms with E-state index in [1.54, 1.807) is 12.1 Å². The second-order valence-corrected chi connectivity index (χ2v) is 5.77. The molecule has 130 valence electrons. The molecule has 1 aliphatic heterocycles. The second-order valence-electron chi connectivity index (χ2n) is 5.77. The third kappa shape index (κ3) is 4.12. The van der Waals surface area contributed by atoms with Crippen LogP contribution in [-0.4, -0.2) is 24.9 Å². The van der Waals surface area contributed by atoms with E-state index in [0.717, 1.165) is 30.9 Å². The van der Waals surface area contributed by atoms with Crippen LogP contribution in [0.1, 0.15) is 12.8 Å². The predicted molar refractivity (Wildman–Crippen MR) is 91.5 cm³/mol. The minimum Gasteiger partial charge on any atom is -0.372 e. The van der Waals surface area contributed by atoms with Crippen LogP contribution in [-0.2, 0) is 9.59 Å². The second kappa shape index (κ2) is 7.29. The summed E-state index contributed by atoms with van der Waals surface area (Å²) in [7, 11) is 0. The first kappa shape index (κ1) is 16.9. The molecule has 1 heterocycles. The Hall–Kier alpha value is -2.96. The Labute approximate surface area is 143 Å². The molecule has 0 unspecified atom stereocenters. The molecule has 5 nitrogen and oxygen atoms in total. The fraction of sp³-hybridized carbons (Fsp3) is 0.222. The molecule has 2 aromatic carbocycles. The number of anilines is 3. The Balaban J connectivity index is 1.60. The molecule has 3 rings (SSSR count). The number of nitrogens with zero attached hydrogens (tertiary/aromatic N) is 1. The lowest BCUT2D eigenvalue weighted by Gasteiger charge is -2.17. The van der Waals surface area contributed by atoms with Gasteiger partial charge >= 0.3 is 11.8 Å². The highest BCUT2D eigenvalue weighted by Gasteiger charge is 2.17. The van der Waals surface area contributed by atoms with E-state index in [4.69, 9.17) is 0 Å². The van der Waals surface area contributed by atoms with Crippen molar-refractivity contribution in [3.05, 3.63) is 54.1 Å². The fourth-order valence-electron chi connectivity index (χ4n) is 2.69. The SMILES string of the molecule is O=C(Nc1ccc(N2CCCC2)cc1)C(=O)Nc1ccc(F)cc1F. The molecule has 7 heteroatoms. The summed E-state index contributed by atoms with van der Waals surface area (Å²) in [6, 6.07) is 9.84. The van der Waals surface area contributed by atoms with E-state index < -0.39 is 23.4 Å². The molecule has 1 aliphatic rings. The van der Waals surface area contributed by atoms with Gasteiger partial charge in [0, 0.05) is 30.5 Å². The molecule has 2 aromatic rings. The van der Waals surface area contributed by atoms with E-state index in [-0.39, 0.29) is 5.69 Å². The smallest absolute Gasteiger partial charge is 0.314 e. The summed E-state index contributed by atoms with van der Waals surface area (Å²) in [5.74, 6) is -3.68. The van der Waals surface area contributed by atoms with Crippen molar-refractivity contribution in [1.82, 2.24) is 0 Å². The zero-order valence-electron chi connectivity index (χ0n) is 13.4. The first-order valence-corrected chi connectivity index (χ1v) is 7.95. The van der Waals surface area contributed by atoms with Gasteiger partial charge in [-0.25, -0.2) is 8.78 Å². The van der Waals surface area contributed by atoms with Crippen molar-refractivity contribution in [2.45, 2.75) is 12.8 Å². The summed E-state index contributed by atoms with van der Waals surface area (Å²) in [6.45, 7) is 2.02. The van der Waals surface area contributed by atoms with Crippen LogP contribution in [0.25, 0.3) is 0 Å². The molecule has 0 aliphatic carbocycles. The zero-order chi connectivity index (χ0) is 17.8. The highest BCUT2D eigenvalue weighted by molar-refractivity contribution is 6.43. The fourth-order valence-corrected chi connectivity index (χ4v) is 2.69. The molecular formula is C18H17F2N3O2. The summed E-state index contributed by atoms with van der Waals surface area (Å²) in [5, 5.41) is 4.56. The summed E-state index contributed by atoms with van der Waals surface area (Å²) in [5.41, 5.74) is 1.27. The number of carbonyl (C=O) groups excluding carboxylic acids is 2. The minimum absolute atomic E-state index is 0.258. The normalized spacial score (nSPS) is 13.6. The van der Waals surface area contributed by atoms with Gasteiger partial charge in [-0.3, -0.25) is 9.59 Å². The minimum atomic E-state index is -1.03. The first-order valence-electron chi connectivity index (χ1n) is 7.95. The van der Waals surface area contributed by atoms with E-state index in [0.29, 0.717) is 11.8 Å². The number of nitrogens with one attached hydrogen (secondary N) is 2. The van der Waals surface area contributed by atoms with Crippen molar-refractivity contribution in [2.24, 2.45) is 0 Å². The van der Waals surface area contributed by atoms with Crippen molar-refractivity contribution in [1.29, 1.82) is 0 Å². The third-order valence-corrected chi connectivity index (χ3v) is 3.98. The monoisotopic (exact) mass is 345 g/mol. The summed E-state index contributed by atoms with van der Waals surface area (Å²) in [4.78, 5) is 26.0. The largest absolute Gasteiger partial charge is 0.372 e. The molecule has 2 N–H and O–H groups in total. The number of amides is 2.